The number of halogens is 1. The predicted molar refractivity (Wildman–Crippen MR) is 97.5 cm³/mol. The van der Waals surface area contributed by atoms with Gasteiger partial charge in [0.05, 0.1) is 6.26 Å². The third kappa shape index (κ3) is 10.6. The van der Waals surface area contributed by atoms with Crippen LogP contribution in [-0.4, -0.2) is 39.3 Å². The Morgan fingerprint density at radius 2 is 2.00 bits per heavy atom. The molecule has 1 aromatic rings. The highest BCUT2D eigenvalue weighted by Gasteiger charge is 1.99. The van der Waals surface area contributed by atoms with Crippen LogP contribution in [0.5, 0.6) is 0 Å². The summed E-state index contributed by atoms with van der Waals surface area (Å²) in [7, 11) is 1.78. The zero-order valence-electron chi connectivity index (χ0n) is 13.1. The molecule has 0 aliphatic rings. The molecule has 0 aromatic carbocycles. The van der Waals surface area contributed by atoms with E-state index in [0.717, 1.165) is 57.3 Å². The standard InChI is InChI=1S/C15H27N3O2.HI/c1-3-4-11-19-12-6-9-17-15(16-2)18-10-8-14-7-5-13-20-14;/h5,7,13H,3-4,6,8-12H2,1-2H3,(H2,16,17,18);1H. The Balaban J connectivity index is 0.00000400. The van der Waals surface area contributed by atoms with Crippen LogP contribution in [0.2, 0.25) is 0 Å². The molecule has 122 valence electrons. The minimum Gasteiger partial charge on any atom is -0.469 e. The Kier molecular flexibility index (Phi) is 13.7. The number of hydrogen-bond donors (Lipinski definition) is 2. The Morgan fingerprint density at radius 3 is 2.67 bits per heavy atom. The smallest absolute Gasteiger partial charge is 0.190 e. The molecule has 1 heterocycles. The molecule has 0 radical (unpaired) electrons. The van der Waals surface area contributed by atoms with E-state index >= 15 is 0 Å². The third-order valence-corrected chi connectivity index (χ3v) is 2.87. The van der Waals surface area contributed by atoms with Crippen LogP contribution in [0.15, 0.2) is 27.8 Å². The van der Waals surface area contributed by atoms with Gasteiger partial charge in [-0.25, -0.2) is 0 Å². The highest BCUT2D eigenvalue weighted by molar-refractivity contribution is 14.0. The van der Waals surface area contributed by atoms with E-state index in [1.165, 1.54) is 6.42 Å². The van der Waals surface area contributed by atoms with Crippen LogP contribution in [0, 0.1) is 0 Å². The minimum absolute atomic E-state index is 0. The van der Waals surface area contributed by atoms with Gasteiger partial charge in [-0.2, -0.15) is 0 Å². The second kappa shape index (κ2) is 14.2. The van der Waals surface area contributed by atoms with E-state index in [2.05, 4.69) is 22.5 Å². The Bertz CT molecular complexity index is 356. The summed E-state index contributed by atoms with van der Waals surface area (Å²) in [4.78, 5) is 4.18. The van der Waals surface area contributed by atoms with E-state index in [1.807, 2.05) is 12.1 Å². The summed E-state index contributed by atoms with van der Waals surface area (Å²) < 4.78 is 10.8. The van der Waals surface area contributed by atoms with E-state index in [0.29, 0.717) is 0 Å². The van der Waals surface area contributed by atoms with Crippen molar-refractivity contribution in [3.63, 3.8) is 0 Å². The monoisotopic (exact) mass is 409 g/mol. The number of aliphatic imine (C=N–C) groups is 1. The molecular weight excluding hydrogens is 381 g/mol. The molecule has 0 fully saturated rings. The summed E-state index contributed by atoms with van der Waals surface area (Å²) in [5.74, 6) is 1.81. The Labute approximate surface area is 144 Å². The zero-order chi connectivity index (χ0) is 14.5. The number of unbranched alkanes of at least 4 members (excludes halogenated alkanes) is 1. The molecular formula is C15H28IN3O2. The third-order valence-electron chi connectivity index (χ3n) is 2.87. The van der Waals surface area contributed by atoms with Gasteiger partial charge in [0.1, 0.15) is 5.76 Å². The van der Waals surface area contributed by atoms with Gasteiger partial charge in [0.25, 0.3) is 0 Å². The summed E-state index contributed by atoms with van der Waals surface area (Å²) in [6.07, 6.45) is 5.87. The van der Waals surface area contributed by atoms with E-state index in [9.17, 15) is 0 Å². The maximum Gasteiger partial charge on any atom is 0.190 e. The molecule has 2 N–H and O–H groups in total. The lowest BCUT2D eigenvalue weighted by molar-refractivity contribution is 0.129. The van der Waals surface area contributed by atoms with E-state index in [1.54, 1.807) is 13.3 Å². The first-order chi connectivity index (χ1) is 9.86. The average molecular weight is 409 g/mol. The molecule has 0 aliphatic heterocycles. The topological polar surface area (TPSA) is 58.8 Å². The van der Waals surface area contributed by atoms with Crippen molar-refractivity contribution in [2.75, 3.05) is 33.4 Å². The summed E-state index contributed by atoms with van der Waals surface area (Å²) in [6.45, 7) is 5.51. The van der Waals surface area contributed by atoms with Crippen molar-refractivity contribution in [2.24, 2.45) is 4.99 Å². The zero-order valence-corrected chi connectivity index (χ0v) is 15.4. The van der Waals surface area contributed by atoms with Crippen LogP contribution in [0.25, 0.3) is 0 Å². The molecule has 0 unspecified atom stereocenters. The molecule has 0 saturated carbocycles. The number of rotatable bonds is 10. The first-order valence-electron chi connectivity index (χ1n) is 7.41. The predicted octanol–water partition coefficient (Wildman–Crippen LogP) is 2.81. The first-order valence-corrected chi connectivity index (χ1v) is 7.41. The summed E-state index contributed by atoms with van der Waals surface area (Å²) in [5.41, 5.74) is 0. The highest BCUT2D eigenvalue weighted by atomic mass is 127. The Hall–Kier alpha value is -0.760. The molecule has 1 aromatic heterocycles. The SMILES string of the molecule is CCCCOCCCNC(=NC)NCCc1ccco1.I. The second-order valence-corrected chi connectivity index (χ2v) is 4.57. The average Bonchev–Trinajstić information content (AvgIpc) is 2.97. The second-order valence-electron chi connectivity index (χ2n) is 4.57. The molecule has 6 heteroatoms. The van der Waals surface area contributed by atoms with E-state index in [-0.39, 0.29) is 24.0 Å². The van der Waals surface area contributed by atoms with Crippen molar-refractivity contribution < 1.29 is 9.15 Å². The van der Waals surface area contributed by atoms with Crippen molar-refractivity contribution in [1.82, 2.24) is 10.6 Å². The molecule has 5 nitrogen and oxygen atoms in total. The van der Waals surface area contributed by atoms with Gasteiger partial charge in [0.2, 0.25) is 0 Å². The van der Waals surface area contributed by atoms with Crippen LogP contribution in [0.1, 0.15) is 31.9 Å². The van der Waals surface area contributed by atoms with Gasteiger partial charge in [-0.05, 0) is 25.0 Å². The molecule has 1 rings (SSSR count). The molecule has 0 atom stereocenters. The van der Waals surface area contributed by atoms with Gasteiger partial charge < -0.3 is 19.8 Å². The van der Waals surface area contributed by atoms with Gasteiger partial charge in [-0.1, -0.05) is 13.3 Å². The van der Waals surface area contributed by atoms with Crippen LogP contribution >= 0.6 is 24.0 Å². The first kappa shape index (κ1) is 20.2. The molecule has 0 bridgehead atoms. The van der Waals surface area contributed by atoms with Crippen molar-refractivity contribution >= 4 is 29.9 Å². The van der Waals surface area contributed by atoms with Gasteiger partial charge >= 0.3 is 0 Å². The van der Waals surface area contributed by atoms with Crippen LogP contribution in [0.3, 0.4) is 0 Å². The fourth-order valence-corrected chi connectivity index (χ4v) is 1.71. The quantitative estimate of drug-likeness (QED) is 0.270. The number of hydrogen-bond acceptors (Lipinski definition) is 3. The molecule has 0 aliphatic carbocycles. The highest BCUT2D eigenvalue weighted by Crippen LogP contribution is 1.99. The van der Waals surface area contributed by atoms with Gasteiger partial charge in [-0.3, -0.25) is 4.99 Å². The lowest BCUT2D eigenvalue weighted by Crippen LogP contribution is -2.39. The van der Waals surface area contributed by atoms with Crippen molar-refractivity contribution in [3.8, 4) is 0 Å². The van der Waals surface area contributed by atoms with Crippen LogP contribution in [-0.2, 0) is 11.2 Å². The number of furan rings is 1. The summed E-state index contributed by atoms with van der Waals surface area (Å²) in [5, 5.41) is 6.53. The van der Waals surface area contributed by atoms with Gasteiger partial charge in [0, 0.05) is 39.8 Å². The molecule has 0 spiro atoms. The molecule has 0 amide bonds. The lowest BCUT2D eigenvalue weighted by Gasteiger charge is -2.11. The van der Waals surface area contributed by atoms with Crippen LogP contribution < -0.4 is 10.6 Å². The van der Waals surface area contributed by atoms with Gasteiger partial charge in [0.15, 0.2) is 5.96 Å². The largest absolute Gasteiger partial charge is 0.469 e. The number of guanidine groups is 1. The fraction of sp³-hybridized carbons (Fsp3) is 0.667. The summed E-state index contributed by atoms with van der Waals surface area (Å²) in [6, 6.07) is 3.88. The maximum absolute atomic E-state index is 5.51. The lowest BCUT2D eigenvalue weighted by atomic mass is 10.3. The van der Waals surface area contributed by atoms with Crippen molar-refractivity contribution in [1.29, 1.82) is 0 Å². The van der Waals surface area contributed by atoms with Crippen molar-refractivity contribution in [2.45, 2.75) is 32.6 Å². The van der Waals surface area contributed by atoms with Crippen molar-refractivity contribution in [3.05, 3.63) is 24.2 Å². The van der Waals surface area contributed by atoms with Gasteiger partial charge in [-0.15, -0.1) is 24.0 Å². The van der Waals surface area contributed by atoms with Crippen LogP contribution in [0.4, 0.5) is 0 Å². The maximum atomic E-state index is 5.51. The number of nitrogens with one attached hydrogen (secondary N) is 2. The van der Waals surface area contributed by atoms with E-state index in [4.69, 9.17) is 9.15 Å². The summed E-state index contributed by atoms with van der Waals surface area (Å²) >= 11 is 0. The number of nitrogens with zero attached hydrogens (tertiary/aromatic N) is 1. The fourth-order valence-electron chi connectivity index (χ4n) is 1.71. The van der Waals surface area contributed by atoms with E-state index < -0.39 is 0 Å². The minimum atomic E-state index is 0. The molecule has 0 saturated heterocycles. The number of ether oxygens (including phenoxy) is 1. The molecule has 21 heavy (non-hydrogen) atoms. The Morgan fingerprint density at radius 1 is 1.24 bits per heavy atom. The normalized spacial score (nSPS) is 11.0.